The van der Waals surface area contributed by atoms with E-state index in [0.29, 0.717) is 16.8 Å². The van der Waals surface area contributed by atoms with Gasteiger partial charge in [-0.25, -0.2) is 4.98 Å². The number of halogens is 1. The molecule has 2 rings (SSSR count). The fraction of sp³-hybridized carbons (Fsp3) is 0.333. The molecule has 4 nitrogen and oxygen atoms in total. The summed E-state index contributed by atoms with van der Waals surface area (Å²) in [5.74, 6) is 0.561. The summed E-state index contributed by atoms with van der Waals surface area (Å²) in [5, 5.41) is 3.87. The minimum absolute atomic E-state index is 0.315. The fourth-order valence-corrected chi connectivity index (χ4v) is 1.89. The minimum atomic E-state index is 0.315. The Bertz CT molecular complexity index is 575. The van der Waals surface area contributed by atoms with Crippen molar-refractivity contribution in [2.75, 3.05) is 6.54 Å². The zero-order valence-corrected chi connectivity index (χ0v) is 12.4. The summed E-state index contributed by atoms with van der Waals surface area (Å²) in [4.78, 5) is 8.58. The van der Waals surface area contributed by atoms with E-state index in [9.17, 15) is 0 Å². The predicted molar refractivity (Wildman–Crippen MR) is 80.3 cm³/mol. The number of nitrogens with zero attached hydrogens (tertiary/aromatic N) is 2. The second kappa shape index (κ2) is 7.22. The Morgan fingerprint density at radius 3 is 2.80 bits per heavy atom. The molecule has 0 amide bonds. The van der Waals surface area contributed by atoms with E-state index in [1.807, 2.05) is 19.1 Å². The lowest BCUT2D eigenvalue weighted by Crippen LogP contribution is -2.15. The van der Waals surface area contributed by atoms with Gasteiger partial charge in [-0.2, -0.15) is 4.98 Å². The van der Waals surface area contributed by atoms with Crippen molar-refractivity contribution in [3.05, 3.63) is 46.7 Å². The van der Waals surface area contributed by atoms with Crippen LogP contribution in [0.1, 0.15) is 24.6 Å². The van der Waals surface area contributed by atoms with Gasteiger partial charge < -0.3 is 10.1 Å². The molecule has 0 saturated carbocycles. The highest BCUT2D eigenvalue weighted by atomic mass is 35.5. The maximum absolute atomic E-state index is 6.04. The Hall–Kier alpha value is -1.65. The van der Waals surface area contributed by atoms with Crippen LogP contribution in [0, 0.1) is 6.92 Å². The molecule has 0 atom stereocenters. The molecule has 0 spiro atoms. The molecule has 1 heterocycles. The number of para-hydroxylation sites is 1. The van der Waals surface area contributed by atoms with Crippen LogP contribution in [0.25, 0.3) is 0 Å². The van der Waals surface area contributed by atoms with Gasteiger partial charge in [-0.3, -0.25) is 0 Å². The smallest absolute Gasteiger partial charge is 0.322 e. The van der Waals surface area contributed by atoms with Gasteiger partial charge in [0.15, 0.2) is 0 Å². The van der Waals surface area contributed by atoms with Crippen molar-refractivity contribution in [1.29, 1.82) is 0 Å². The van der Waals surface area contributed by atoms with E-state index in [0.717, 1.165) is 30.8 Å². The number of aryl methyl sites for hydroxylation is 1. The number of nitrogens with one attached hydrogen (secondary N) is 1. The third-order valence-corrected chi connectivity index (χ3v) is 3.15. The average Bonchev–Trinajstić information content (AvgIpc) is 2.44. The van der Waals surface area contributed by atoms with E-state index in [4.69, 9.17) is 16.3 Å². The van der Waals surface area contributed by atoms with Gasteiger partial charge in [-0.1, -0.05) is 30.7 Å². The molecule has 0 fully saturated rings. The maximum Gasteiger partial charge on any atom is 0.322 e. The van der Waals surface area contributed by atoms with Crippen LogP contribution in [-0.4, -0.2) is 16.5 Å². The van der Waals surface area contributed by atoms with Crippen LogP contribution < -0.4 is 10.1 Å². The second-order valence-corrected chi connectivity index (χ2v) is 4.88. The first-order chi connectivity index (χ1) is 9.70. The summed E-state index contributed by atoms with van der Waals surface area (Å²) >= 11 is 6.04. The summed E-state index contributed by atoms with van der Waals surface area (Å²) in [6.45, 7) is 5.84. The van der Waals surface area contributed by atoms with Crippen LogP contribution in [-0.2, 0) is 6.54 Å². The van der Waals surface area contributed by atoms with Gasteiger partial charge in [0.2, 0.25) is 0 Å². The Labute approximate surface area is 124 Å². The molecular formula is C15H18ClN3O. The third-order valence-electron chi connectivity index (χ3n) is 2.84. The largest absolute Gasteiger partial charge is 0.423 e. The molecule has 1 aromatic carbocycles. The van der Waals surface area contributed by atoms with E-state index in [1.54, 1.807) is 18.3 Å². The zero-order valence-electron chi connectivity index (χ0n) is 11.7. The highest BCUT2D eigenvalue weighted by Gasteiger charge is 2.07. The predicted octanol–water partition coefficient (Wildman–Crippen LogP) is 3.73. The van der Waals surface area contributed by atoms with Crippen molar-refractivity contribution in [3.63, 3.8) is 0 Å². The Morgan fingerprint density at radius 1 is 1.30 bits per heavy atom. The van der Waals surface area contributed by atoms with E-state index in [1.165, 1.54) is 0 Å². The fourth-order valence-electron chi connectivity index (χ4n) is 1.72. The summed E-state index contributed by atoms with van der Waals surface area (Å²) in [6, 6.07) is 7.58. The molecule has 0 unspecified atom stereocenters. The summed E-state index contributed by atoms with van der Waals surface area (Å²) in [7, 11) is 0. The molecule has 0 saturated heterocycles. The normalized spacial score (nSPS) is 10.6. The van der Waals surface area contributed by atoms with Gasteiger partial charge in [0.1, 0.15) is 5.75 Å². The lowest BCUT2D eigenvalue weighted by molar-refractivity contribution is 0.439. The number of ether oxygens (including phenoxy) is 1. The van der Waals surface area contributed by atoms with Crippen LogP contribution >= 0.6 is 11.6 Å². The summed E-state index contributed by atoms with van der Waals surface area (Å²) in [6.07, 6.45) is 2.89. The molecule has 5 heteroatoms. The van der Waals surface area contributed by atoms with Crippen molar-refractivity contribution in [1.82, 2.24) is 15.3 Å². The second-order valence-electron chi connectivity index (χ2n) is 4.47. The van der Waals surface area contributed by atoms with Crippen LogP contribution in [0.4, 0.5) is 0 Å². The topological polar surface area (TPSA) is 47.0 Å². The first-order valence-corrected chi connectivity index (χ1v) is 7.04. The maximum atomic E-state index is 6.04. The average molecular weight is 292 g/mol. The highest BCUT2D eigenvalue weighted by molar-refractivity contribution is 6.32. The van der Waals surface area contributed by atoms with Gasteiger partial charge in [-0.05, 0) is 32.0 Å². The highest BCUT2D eigenvalue weighted by Crippen LogP contribution is 2.27. The lowest BCUT2D eigenvalue weighted by atomic mass is 10.2. The third kappa shape index (κ3) is 3.92. The summed E-state index contributed by atoms with van der Waals surface area (Å²) < 4.78 is 5.60. The van der Waals surface area contributed by atoms with Gasteiger partial charge in [0, 0.05) is 24.0 Å². The Balaban J connectivity index is 2.07. The quantitative estimate of drug-likeness (QED) is 0.824. The first-order valence-electron chi connectivity index (χ1n) is 6.66. The van der Waals surface area contributed by atoms with E-state index in [2.05, 4.69) is 22.2 Å². The summed E-state index contributed by atoms with van der Waals surface area (Å²) in [5.41, 5.74) is 1.98. The van der Waals surface area contributed by atoms with Gasteiger partial charge in [0.25, 0.3) is 0 Å². The van der Waals surface area contributed by atoms with Crippen LogP contribution in [0.5, 0.6) is 11.8 Å². The van der Waals surface area contributed by atoms with E-state index < -0.39 is 0 Å². The molecule has 2 aromatic rings. The molecule has 0 aliphatic carbocycles. The Kier molecular flexibility index (Phi) is 5.32. The SMILES string of the molecule is CCCNCc1cnc(Oc2ccccc2Cl)nc1C. The zero-order chi connectivity index (χ0) is 14.4. The van der Waals surface area contributed by atoms with Crippen LogP contribution in [0.3, 0.4) is 0 Å². The molecule has 0 aliphatic rings. The number of aromatic nitrogens is 2. The number of hydrogen-bond donors (Lipinski definition) is 1. The molecule has 0 radical (unpaired) electrons. The van der Waals surface area contributed by atoms with Crippen molar-refractivity contribution in [2.24, 2.45) is 0 Å². The van der Waals surface area contributed by atoms with E-state index in [-0.39, 0.29) is 0 Å². The number of benzene rings is 1. The Morgan fingerprint density at radius 2 is 2.10 bits per heavy atom. The molecular weight excluding hydrogens is 274 g/mol. The van der Waals surface area contributed by atoms with Gasteiger partial charge in [0.05, 0.1) is 5.02 Å². The molecule has 0 aliphatic heterocycles. The van der Waals surface area contributed by atoms with Gasteiger partial charge >= 0.3 is 6.01 Å². The monoisotopic (exact) mass is 291 g/mol. The van der Waals surface area contributed by atoms with Crippen molar-refractivity contribution in [3.8, 4) is 11.8 Å². The minimum Gasteiger partial charge on any atom is -0.423 e. The van der Waals surface area contributed by atoms with Crippen molar-refractivity contribution >= 4 is 11.6 Å². The molecule has 1 aromatic heterocycles. The molecule has 106 valence electrons. The standard InChI is InChI=1S/C15H18ClN3O/c1-3-8-17-9-12-10-18-15(19-11(12)2)20-14-7-5-4-6-13(14)16/h4-7,10,17H,3,8-9H2,1-2H3. The van der Waals surface area contributed by atoms with Crippen molar-refractivity contribution < 1.29 is 4.74 Å². The van der Waals surface area contributed by atoms with Gasteiger partial charge in [-0.15, -0.1) is 0 Å². The van der Waals surface area contributed by atoms with Crippen LogP contribution in [0.2, 0.25) is 5.02 Å². The molecule has 1 N–H and O–H groups in total. The first kappa shape index (κ1) is 14.8. The van der Waals surface area contributed by atoms with Crippen LogP contribution in [0.15, 0.2) is 30.5 Å². The number of rotatable bonds is 6. The number of hydrogen-bond acceptors (Lipinski definition) is 4. The van der Waals surface area contributed by atoms with E-state index >= 15 is 0 Å². The lowest BCUT2D eigenvalue weighted by Gasteiger charge is -2.09. The van der Waals surface area contributed by atoms with Crippen molar-refractivity contribution in [2.45, 2.75) is 26.8 Å². The molecule has 0 bridgehead atoms. The molecule has 20 heavy (non-hydrogen) atoms.